The lowest BCUT2D eigenvalue weighted by atomic mass is 10.3. The summed E-state index contributed by atoms with van der Waals surface area (Å²) in [6.07, 6.45) is 0. The van der Waals surface area contributed by atoms with Crippen molar-refractivity contribution in [1.29, 1.82) is 0 Å². The minimum atomic E-state index is -2.98. The third-order valence-corrected chi connectivity index (χ3v) is 4.39. The Morgan fingerprint density at radius 3 is 2.70 bits per heavy atom. The van der Waals surface area contributed by atoms with E-state index in [-0.39, 0.29) is 17.2 Å². The van der Waals surface area contributed by atoms with Gasteiger partial charge in [0.15, 0.2) is 0 Å². The number of rotatable bonds is 7. The zero-order valence-electron chi connectivity index (χ0n) is 13.6. The number of aromatic nitrogens is 4. The number of para-hydroxylation sites is 2. The molecule has 0 spiro atoms. The summed E-state index contributed by atoms with van der Waals surface area (Å²) in [5, 5.41) is 14.9. The number of anilines is 1. The molecular formula is C16H12ClF2N5O2S. The summed E-state index contributed by atoms with van der Waals surface area (Å²) < 4.78 is 30.7. The second kappa shape index (κ2) is 8.78. The second-order valence-electron chi connectivity index (χ2n) is 5.06. The fourth-order valence-electron chi connectivity index (χ4n) is 2.10. The Bertz CT molecular complexity index is 923. The van der Waals surface area contributed by atoms with Gasteiger partial charge in [0.1, 0.15) is 5.75 Å². The normalized spacial score (nSPS) is 10.8. The highest BCUT2D eigenvalue weighted by Gasteiger charge is 2.14. The van der Waals surface area contributed by atoms with Gasteiger partial charge in [0, 0.05) is 5.02 Å². The van der Waals surface area contributed by atoms with Crippen molar-refractivity contribution >= 4 is 35.0 Å². The van der Waals surface area contributed by atoms with Gasteiger partial charge in [0.05, 0.1) is 17.1 Å². The molecule has 0 saturated heterocycles. The molecule has 1 heterocycles. The molecule has 0 bridgehead atoms. The van der Waals surface area contributed by atoms with Gasteiger partial charge in [0.2, 0.25) is 11.1 Å². The van der Waals surface area contributed by atoms with E-state index in [0.717, 1.165) is 11.8 Å². The molecule has 1 amide bonds. The summed E-state index contributed by atoms with van der Waals surface area (Å²) in [4.78, 5) is 12.2. The maximum absolute atomic E-state index is 12.4. The molecule has 11 heteroatoms. The van der Waals surface area contributed by atoms with E-state index < -0.39 is 12.5 Å². The molecule has 2 aromatic carbocycles. The molecule has 1 aromatic heterocycles. The van der Waals surface area contributed by atoms with Crippen molar-refractivity contribution < 1.29 is 18.3 Å². The lowest BCUT2D eigenvalue weighted by Crippen LogP contribution is -2.16. The maximum Gasteiger partial charge on any atom is 0.387 e. The Kier molecular flexibility index (Phi) is 6.20. The van der Waals surface area contributed by atoms with Gasteiger partial charge in [-0.3, -0.25) is 4.79 Å². The number of alkyl halides is 2. The van der Waals surface area contributed by atoms with Crippen LogP contribution in [0.4, 0.5) is 14.5 Å². The summed E-state index contributed by atoms with van der Waals surface area (Å²) in [6.45, 7) is -2.98. The summed E-state index contributed by atoms with van der Waals surface area (Å²) in [6, 6.07) is 12.8. The van der Waals surface area contributed by atoms with E-state index in [9.17, 15) is 13.6 Å². The van der Waals surface area contributed by atoms with Crippen LogP contribution in [-0.2, 0) is 4.79 Å². The molecule has 0 fully saturated rings. The Morgan fingerprint density at radius 1 is 1.22 bits per heavy atom. The SMILES string of the molecule is O=C(CSc1nnnn1-c1ccc(Cl)cc1)Nc1ccccc1OC(F)F. The highest BCUT2D eigenvalue weighted by Crippen LogP contribution is 2.26. The van der Waals surface area contributed by atoms with Gasteiger partial charge in [-0.15, -0.1) is 5.10 Å². The quantitative estimate of drug-likeness (QED) is 0.598. The van der Waals surface area contributed by atoms with Gasteiger partial charge in [-0.1, -0.05) is 35.5 Å². The van der Waals surface area contributed by atoms with Gasteiger partial charge >= 0.3 is 6.61 Å². The number of amides is 1. The van der Waals surface area contributed by atoms with Gasteiger partial charge in [-0.2, -0.15) is 13.5 Å². The van der Waals surface area contributed by atoms with Crippen LogP contribution in [0.3, 0.4) is 0 Å². The summed E-state index contributed by atoms with van der Waals surface area (Å²) in [7, 11) is 0. The van der Waals surface area contributed by atoms with Gasteiger partial charge in [0.25, 0.3) is 0 Å². The van der Waals surface area contributed by atoms with Crippen LogP contribution >= 0.6 is 23.4 Å². The van der Waals surface area contributed by atoms with Crippen LogP contribution < -0.4 is 10.1 Å². The van der Waals surface area contributed by atoms with Crippen LogP contribution in [0.15, 0.2) is 53.7 Å². The van der Waals surface area contributed by atoms with Gasteiger partial charge in [-0.25, -0.2) is 0 Å². The number of nitrogens with zero attached hydrogens (tertiary/aromatic N) is 4. The molecule has 3 rings (SSSR count). The van der Waals surface area contributed by atoms with E-state index in [0.29, 0.717) is 15.9 Å². The molecular weight excluding hydrogens is 400 g/mol. The van der Waals surface area contributed by atoms with Crippen molar-refractivity contribution in [3.63, 3.8) is 0 Å². The highest BCUT2D eigenvalue weighted by atomic mass is 35.5. The van der Waals surface area contributed by atoms with Crippen LogP contribution in [0.2, 0.25) is 5.02 Å². The zero-order valence-corrected chi connectivity index (χ0v) is 15.1. The van der Waals surface area contributed by atoms with Gasteiger partial charge < -0.3 is 10.1 Å². The number of benzene rings is 2. The van der Waals surface area contributed by atoms with Crippen LogP contribution in [0, 0.1) is 0 Å². The average molecular weight is 412 g/mol. The van der Waals surface area contributed by atoms with Crippen LogP contribution in [0.1, 0.15) is 0 Å². The molecule has 7 nitrogen and oxygen atoms in total. The van der Waals surface area contributed by atoms with E-state index in [1.165, 1.54) is 22.9 Å². The molecule has 0 radical (unpaired) electrons. The Labute approximate surface area is 161 Å². The summed E-state index contributed by atoms with van der Waals surface area (Å²) in [5.74, 6) is -0.565. The topological polar surface area (TPSA) is 81.9 Å². The van der Waals surface area contributed by atoms with Crippen LogP contribution in [-0.4, -0.2) is 38.5 Å². The standard InChI is InChI=1S/C16H12ClF2N5O2S/c17-10-5-7-11(8-6-10)24-16(21-22-23-24)27-9-14(25)20-12-3-1-2-4-13(12)26-15(18)19/h1-8,15H,9H2,(H,20,25). The molecule has 0 saturated carbocycles. The first kappa shape index (κ1) is 19.1. The summed E-state index contributed by atoms with van der Waals surface area (Å²) >= 11 is 6.95. The molecule has 1 N–H and O–H groups in total. The minimum absolute atomic E-state index is 0.0308. The number of thioether (sulfide) groups is 1. The van der Waals surface area contributed by atoms with Crippen LogP contribution in [0.25, 0.3) is 5.69 Å². The van der Waals surface area contributed by atoms with Crippen molar-refractivity contribution in [2.75, 3.05) is 11.1 Å². The molecule has 0 unspecified atom stereocenters. The van der Waals surface area contributed by atoms with E-state index in [2.05, 4.69) is 25.6 Å². The lowest BCUT2D eigenvalue weighted by molar-refractivity contribution is -0.113. The molecule has 0 aliphatic heterocycles. The first-order valence-corrected chi connectivity index (χ1v) is 8.90. The number of carbonyl (C=O) groups excluding carboxylic acids is 1. The molecule has 0 aliphatic rings. The van der Waals surface area contributed by atoms with Gasteiger partial charge in [-0.05, 0) is 46.8 Å². The number of hydrogen-bond donors (Lipinski definition) is 1. The maximum atomic E-state index is 12.4. The summed E-state index contributed by atoms with van der Waals surface area (Å²) in [5.41, 5.74) is 0.837. The van der Waals surface area contributed by atoms with E-state index >= 15 is 0 Å². The Balaban J connectivity index is 1.64. The zero-order chi connectivity index (χ0) is 19.2. The van der Waals surface area contributed by atoms with E-state index in [1.807, 2.05) is 0 Å². The van der Waals surface area contributed by atoms with Crippen molar-refractivity contribution in [3.8, 4) is 11.4 Å². The first-order chi connectivity index (χ1) is 13.0. The number of hydrogen-bond acceptors (Lipinski definition) is 6. The molecule has 3 aromatic rings. The number of carbonyl (C=O) groups is 1. The minimum Gasteiger partial charge on any atom is -0.433 e. The van der Waals surface area contributed by atoms with E-state index in [1.54, 1.807) is 30.3 Å². The second-order valence-corrected chi connectivity index (χ2v) is 6.44. The predicted molar refractivity (Wildman–Crippen MR) is 96.6 cm³/mol. The predicted octanol–water partition coefficient (Wildman–Crippen LogP) is 3.65. The molecule has 0 aliphatic carbocycles. The fraction of sp³-hybridized carbons (Fsp3) is 0.125. The highest BCUT2D eigenvalue weighted by molar-refractivity contribution is 7.99. The molecule has 140 valence electrons. The average Bonchev–Trinajstić information content (AvgIpc) is 3.10. The van der Waals surface area contributed by atoms with Crippen molar-refractivity contribution in [3.05, 3.63) is 53.6 Å². The van der Waals surface area contributed by atoms with Crippen LogP contribution in [0.5, 0.6) is 5.75 Å². The van der Waals surface area contributed by atoms with Crippen molar-refractivity contribution in [2.24, 2.45) is 0 Å². The molecule has 27 heavy (non-hydrogen) atoms. The number of ether oxygens (including phenoxy) is 1. The number of halogens is 3. The first-order valence-electron chi connectivity index (χ1n) is 7.54. The largest absolute Gasteiger partial charge is 0.433 e. The monoisotopic (exact) mass is 411 g/mol. The van der Waals surface area contributed by atoms with Crippen molar-refractivity contribution in [2.45, 2.75) is 11.8 Å². The molecule has 0 atom stereocenters. The lowest BCUT2D eigenvalue weighted by Gasteiger charge is -2.11. The van der Waals surface area contributed by atoms with E-state index in [4.69, 9.17) is 11.6 Å². The fourth-order valence-corrected chi connectivity index (χ4v) is 2.92. The number of tetrazole rings is 1. The van der Waals surface area contributed by atoms with Crippen molar-refractivity contribution in [1.82, 2.24) is 20.2 Å². The third-order valence-electron chi connectivity index (χ3n) is 3.22. The Hall–Kier alpha value is -2.72. The smallest absolute Gasteiger partial charge is 0.387 e. The Morgan fingerprint density at radius 2 is 1.96 bits per heavy atom. The number of nitrogens with one attached hydrogen (secondary N) is 1. The third kappa shape index (κ3) is 5.14.